The molecule has 4 nitrogen and oxygen atoms in total. The van der Waals surface area contributed by atoms with Crippen LogP contribution < -0.4 is 10.6 Å². The third-order valence-electron chi connectivity index (χ3n) is 3.92. The first-order valence-electron chi connectivity index (χ1n) is 7.40. The van der Waals surface area contributed by atoms with Gasteiger partial charge in [-0.05, 0) is 29.7 Å². The second-order valence-electron chi connectivity index (χ2n) is 5.47. The Morgan fingerprint density at radius 3 is 2.86 bits per heavy atom. The fourth-order valence-electron chi connectivity index (χ4n) is 2.80. The third kappa shape index (κ3) is 3.49. The van der Waals surface area contributed by atoms with Crippen LogP contribution in [0.25, 0.3) is 0 Å². The predicted molar refractivity (Wildman–Crippen MR) is 81.4 cm³/mol. The van der Waals surface area contributed by atoms with Gasteiger partial charge in [-0.1, -0.05) is 30.3 Å². The standard InChI is InChI=1S/C17H18FN3O/c18-15-10-12(8-9-19-15)11-20-14-6-7-16(22)21-17(14)13-4-2-1-3-5-13/h1-5,8-10,14,17,20H,6-7,11H2,(H,21,22)/t14-,17+/m1/s1. The Morgan fingerprint density at radius 2 is 2.09 bits per heavy atom. The Balaban J connectivity index is 1.71. The largest absolute Gasteiger partial charge is 0.348 e. The Morgan fingerprint density at radius 1 is 1.27 bits per heavy atom. The summed E-state index contributed by atoms with van der Waals surface area (Å²) in [5.74, 6) is -0.405. The molecule has 0 unspecified atom stereocenters. The zero-order valence-corrected chi connectivity index (χ0v) is 12.1. The number of nitrogens with zero attached hydrogens (tertiary/aromatic N) is 1. The minimum Gasteiger partial charge on any atom is -0.348 e. The molecule has 0 saturated carbocycles. The second-order valence-corrected chi connectivity index (χ2v) is 5.47. The van der Waals surface area contributed by atoms with Crippen LogP contribution in [-0.4, -0.2) is 16.9 Å². The maximum absolute atomic E-state index is 13.1. The maximum atomic E-state index is 13.1. The summed E-state index contributed by atoms with van der Waals surface area (Å²) in [6.45, 7) is 0.545. The summed E-state index contributed by atoms with van der Waals surface area (Å²) >= 11 is 0. The van der Waals surface area contributed by atoms with Crippen molar-refractivity contribution in [3.8, 4) is 0 Å². The topological polar surface area (TPSA) is 54.0 Å². The lowest BCUT2D eigenvalue weighted by atomic mass is 9.92. The molecule has 1 aromatic heterocycles. The molecule has 0 radical (unpaired) electrons. The SMILES string of the molecule is O=C1CC[C@@H](NCc2ccnc(F)c2)[C@H](c2ccccc2)N1. The quantitative estimate of drug-likeness (QED) is 0.852. The highest BCUT2D eigenvalue weighted by Gasteiger charge is 2.29. The highest BCUT2D eigenvalue weighted by Crippen LogP contribution is 2.24. The molecule has 2 heterocycles. The summed E-state index contributed by atoms with van der Waals surface area (Å²) in [7, 11) is 0. The molecule has 0 aliphatic carbocycles. The first-order chi connectivity index (χ1) is 10.7. The molecule has 1 aliphatic rings. The third-order valence-corrected chi connectivity index (χ3v) is 3.92. The van der Waals surface area contributed by atoms with Crippen molar-refractivity contribution in [1.82, 2.24) is 15.6 Å². The van der Waals surface area contributed by atoms with E-state index in [1.807, 2.05) is 30.3 Å². The molecule has 1 aromatic carbocycles. The number of hydrogen-bond donors (Lipinski definition) is 2. The molecular weight excluding hydrogens is 281 g/mol. The van der Waals surface area contributed by atoms with E-state index in [4.69, 9.17) is 0 Å². The average molecular weight is 299 g/mol. The fraction of sp³-hybridized carbons (Fsp3) is 0.294. The van der Waals surface area contributed by atoms with Gasteiger partial charge in [0.05, 0.1) is 6.04 Å². The van der Waals surface area contributed by atoms with Gasteiger partial charge < -0.3 is 10.6 Å². The summed E-state index contributed by atoms with van der Waals surface area (Å²) in [5.41, 5.74) is 1.92. The van der Waals surface area contributed by atoms with Gasteiger partial charge in [-0.2, -0.15) is 4.39 Å². The molecule has 5 heteroatoms. The summed E-state index contributed by atoms with van der Waals surface area (Å²) in [6.07, 6.45) is 2.73. The lowest BCUT2D eigenvalue weighted by Gasteiger charge is -2.33. The van der Waals surface area contributed by atoms with Crippen molar-refractivity contribution < 1.29 is 9.18 Å². The van der Waals surface area contributed by atoms with E-state index < -0.39 is 5.95 Å². The van der Waals surface area contributed by atoms with Crippen molar-refractivity contribution in [2.75, 3.05) is 0 Å². The number of halogens is 1. The van der Waals surface area contributed by atoms with Crippen molar-refractivity contribution in [3.63, 3.8) is 0 Å². The van der Waals surface area contributed by atoms with Gasteiger partial charge in [0.15, 0.2) is 0 Å². The lowest BCUT2D eigenvalue weighted by Crippen LogP contribution is -2.48. The zero-order chi connectivity index (χ0) is 15.4. The fourth-order valence-corrected chi connectivity index (χ4v) is 2.80. The minimum absolute atomic E-state index is 0.0610. The Hall–Kier alpha value is -2.27. The van der Waals surface area contributed by atoms with Crippen LogP contribution in [0.3, 0.4) is 0 Å². The molecular formula is C17H18FN3O. The van der Waals surface area contributed by atoms with Gasteiger partial charge in [0.25, 0.3) is 0 Å². The monoisotopic (exact) mass is 299 g/mol. The van der Waals surface area contributed by atoms with Crippen molar-refractivity contribution in [2.24, 2.45) is 0 Å². The number of benzene rings is 1. The number of rotatable bonds is 4. The van der Waals surface area contributed by atoms with Crippen LogP contribution in [0.4, 0.5) is 4.39 Å². The van der Waals surface area contributed by atoms with Gasteiger partial charge >= 0.3 is 0 Å². The molecule has 1 saturated heterocycles. The summed E-state index contributed by atoms with van der Waals surface area (Å²) < 4.78 is 13.1. The number of carbonyl (C=O) groups excluding carboxylic acids is 1. The van der Waals surface area contributed by atoms with E-state index in [1.165, 1.54) is 12.3 Å². The van der Waals surface area contributed by atoms with E-state index in [0.717, 1.165) is 17.5 Å². The minimum atomic E-state index is -0.476. The normalized spacial score (nSPS) is 21.4. The van der Waals surface area contributed by atoms with E-state index in [2.05, 4.69) is 15.6 Å². The van der Waals surface area contributed by atoms with Crippen LogP contribution in [-0.2, 0) is 11.3 Å². The van der Waals surface area contributed by atoms with E-state index in [9.17, 15) is 9.18 Å². The van der Waals surface area contributed by atoms with Gasteiger partial charge in [0, 0.05) is 25.2 Å². The molecule has 0 bridgehead atoms. The van der Waals surface area contributed by atoms with Gasteiger partial charge in [-0.25, -0.2) is 4.98 Å². The van der Waals surface area contributed by atoms with E-state index in [-0.39, 0.29) is 18.0 Å². The van der Waals surface area contributed by atoms with Crippen molar-refractivity contribution in [2.45, 2.75) is 31.5 Å². The van der Waals surface area contributed by atoms with E-state index in [0.29, 0.717) is 13.0 Å². The maximum Gasteiger partial charge on any atom is 0.220 e. The summed E-state index contributed by atoms with van der Waals surface area (Å²) in [5, 5.41) is 6.47. The van der Waals surface area contributed by atoms with Gasteiger partial charge in [0.1, 0.15) is 0 Å². The highest BCUT2D eigenvalue weighted by atomic mass is 19.1. The number of hydrogen-bond acceptors (Lipinski definition) is 3. The van der Waals surface area contributed by atoms with Gasteiger partial charge in [0.2, 0.25) is 11.9 Å². The molecule has 2 aromatic rings. The molecule has 1 aliphatic heterocycles. The molecule has 2 N–H and O–H groups in total. The zero-order valence-electron chi connectivity index (χ0n) is 12.1. The van der Waals surface area contributed by atoms with E-state index >= 15 is 0 Å². The van der Waals surface area contributed by atoms with E-state index in [1.54, 1.807) is 6.07 Å². The van der Waals surface area contributed by atoms with Crippen molar-refractivity contribution in [1.29, 1.82) is 0 Å². The van der Waals surface area contributed by atoms with Gasteiger partial charge in [-0.15, -0.1) is 0 Å². The van der Waals surface area contributed by atoms with Crippen LogP contribution in [0.2, 0.25) is 0 Å². The number of amides is 1. The van der Waals surface area contributed by atoms with Crippen LogP contribution >= 0.6 is 0 Å². The number of aromatic nitrogens is 1. The average Bonchev–Trinajstić information content (AvgIpc) is 2.54. The van der Waals surface area contributed by atoms with Crippen LogP contribution in [0.15, 0.2) is 48.7 Å². The molecule has 22 heavy (non-hydrogen) atoms. The van der Waals surface area contributed by atoms with Crippen LogP contribution in [0, 0.1) is 5.95 Å². The molecule has 0 spiro atoms. The Kier molecular flexibility index (Phi) is 4.44. The molecule has 114 valence electrons. The number of nitrogens with one attached hydrogen (secondary N) is 2. The lowest BCUT2D eigenvalue weighted by molar-refractivity contribution is -0.123. The number of carbonyl (C=O) groups is 1. The first-order valence-corrected chi connectivity index (χ1v) is 7.40. The van der Waals surface area contributed by atoms with Crippen LogP contribution in [0.1, 0.15) is 30.0 Å². The number of piperidine rings is 1. The van der Waals surface area contributed by atoms with Crippen LogP contribution in [0.5, 0.6) is 0 Å². The Labute approximate surface area is 128 Å². The first kappa shape index (κ1) is 14.7. The number of pyridine rings is 1. The molecule has 2 atom stereocenters. The molecule has 1 fully saturated rings. The smallest absolute Gasteiger partial charge is 0.220 e. The second kappa shape index (κ2) is 6.66. The summed E-state index contributed by atoms with van der Waals surface area (Å²) in [6, 6.07) is 13.2. The van der Waals surface area contributed by atoms with Crippen molar-refractivity contribution >= 4 is 5.91 Å². The Bertz CT molecular complexity index is 647. The van der Waals surface area contributed by atoms with Gasteiger partial charge in [-0.3, -0.25) is 4.79 Å². The molecule has 3 rings (SSSR count). The summed E-state index contributed by atoms with van der Waals surface area (Å²) in [4.78, 5) is 15.3. The highest BCUT2D eigenvalue weighted by molar-refractivity contribution is 5.77. The van der Waals surface area contributed by atoms with Crippen molar-refractivity contribution in [3.05, 3.63) is 65.7 Å². The predicted octanol–water partition coefficient (Wildman–Crippen LogP) is 2.33. The molecule has 1 amide bonds.